The number of ether oxygens (including phenoxy) is 2. The van der Waals surface area contributed by atoms with Crippen LogP contribution in [0.3, 0.4) is 0 Å². The molecule has 5 heteroatoms. The predicted molar refractivity (Wildman–Crippen MR) is 85.7 cm³/mol. The van der Waals surface area contributed by atoms with Crippen LogP contribution in [0.4, 0.5) is 0 Å². The van der Waals surface area contributed by atoms with Crippen LogP contribution in [0.15, 0.2) is 23.8 Å². The van der Waals surface area contributed by atoms with Crippen molar-refractivity contribution in [2.45, 2.75) is 38.6 Å². The predicted octanol–water partition coefficient (Wildman–Crippen LogP) is 3.02. The standard InChI is InChI=1S/C18H20N2O3/c1-12-4-2-3-5-15(12)20-18(21)14(10-19)8-13-6-7-16-17(9-13)23-11-22-16/h6-9,12,15H,2-5,11H2,1H3,(H,20,21)/b14-8+/t12-,15-/m1/s1. The van der Waals surface area contributed by atoms with Gasteiger partial charge in [0.05, 0.1) is 0 Å². The van der Waals surface area contributed by atoms with Gasteiger partial charge in [-0.25, -0.2) is 0 Å². The number of nitrogens with zero attached hydrogens (tertiary/aromatic N) is 1. The lowest BCUT2D eigenvalue weighted by molar-refractivity contribution is -0.118. The molecule has 1 saturated carbocycles. The molecular formula is C18H20N2O3. The van der Waals surface area contributed by atoms with E-state index < -0.39 is 0 Å². The van der Waals surface area contributed by atoms with E-state index in [-0.39, 0.29) is 24.3 Å². The minimum Gasteiger partial charge on any atom is -0.454 e. The van der Waals surface area contributed by atoms with Crippen LogP contribution in [0, 0.1) is 17.2 Å². The van der Waals surface area contributed by atoms with Crippen LogP contribution in [0.2, 0.25) is 0 Å². The van der Waals surface area contributed by atoms with E-state index in [0.29, 0.717) is 17.4 Å². The SMILES string of the molecule is C[C@@H]1CCCC[C@H]1NC(=O)/C(C#N)=C/c1ccc2c(c1)OCO2. The van der Waals surface area contributed by atoms with Gasteiger partial charge in [0, 0.05) is 6.04 Å². The Bertz CT molecular complexity index is 675. The van der Waals surface area contributed by atoms with Crippen molar-refractivity contribution in [1.82, 2.24) is 5.32 Å². The molecule has 1 aliphatic heterocycles. The van der Waals surface area contributed by atoms with Gasteiger partial charge in [-0.1, -0.05) is 25.8 Å². The molecule has 1 aliphatic carbocycles. The molecule has 1 aromatic rings. The summed E-state index contributed by atoms with van der Waals surface area (Å²) in [4.78, 5) is 12.4. The summed E-state index contributed by atoms with van der Waals surface area (Å²) in [5, 5.41) is 12.3. The molecule has 1 fully saturated rings. The van der Waals surface area contributed by atoms with E-state index in [1.165, 1.54) is 6.42 Å². The molecule has 0 bridgehead atoms. The van der Waals surface area contributed by atoms with Crippen molar-refractivity contribution >= 4 is 12.0 Å². The lowest BCUT2D eigenvalue weighted by Crippen LogP contribution is -2.41. The summed E-state index contributed by atoms with van der Waals surface area (Å²) in [6.45, 7) is 2.35. The first-order valence-electron chi connectivity index (χ1n) is 7.99. The van der Waals surface area contributed by atoms with E-state index in [1.807, 2.05) is 6.07 Å². The Balaban J connectivity index is 1.73. The Kier molecular flexibility index (Phi) is 4.52. The third-order valence-corrected chi connectivity index (χ3v) is 4.50. The number of amides is 1. The fraction of sp³-hybridized carbons (Fsp3) is 0.444. The Hall–Kier alpha value is -2.48. The lowest BCUT2D eigenvalue weighted by atomic mass is 9.86. The number of benzene rings is 1. The average Bonchev–Trinajstić information content (AvgIpc) is 3.02. The number of rotatable bonds is 3. The van der Waals surface area contributed by atoms with E-state index in [0.717, 1.165) is 24.8 Å². The number of hydrogen-bond donors (Lipinski definition) is 1. The maximum absolute atomic E-state index is 12.4. The van der Waals surface area contributed by atoms with Gasteiger partial charge in [0.2, 0.25) is 6.79 Å². The third kappa shape index (κ3) is 3.48. The maximum atomic E-state index is 12.4. The second-order valence-electron chi connectivity index (χ2n) is 6.12. The van der Waals surface area contributed by atoms with Gasteiger partial charge >= 0.3 is 0 Å². The molecule has 120 valence electrons. The molecule has 0 saturated heterocycles. The molecular weight excluding hydrogens is 292 g/mol. The van der Waals surface area contributed by atoms with Crippen LogP contribution in [0.5, 0.6) is 11.5 Å². The Morgan fingerprint density at radius 2 is 2.09 bits per heavy atom. The number of fused-ring (bicyclic) bond motifs is 1. The molecule has 23 heavy (non-hydrogen) atoms. The Morgan fingerprint density at radius 3 is 2.87 bits per heavy atom. The fourth-order valence-electron chi connectivity index (χ4n) is 3.10. The second-order valence-corrected chi connectivity index (χ2v) is 6.12. The van der Waals surface area contributed by atoms with Crippen LogP contribution in [-0.2, 0) is 4.79 Å². The molecule has 3 rings (SSSR count). The minimum absolute atomic E-state index is 0.113. The Labute approximate surface area is 135 Å². The highest BCUT2D eigenvalue weighted by Gasteiger charge is 2.24. The lowest BCUT2D eigenvalue weighted by Gasteiger charge is -2.29. The summed E-state index contributed by atoms with van der Waals surface area (Å²) >= 11 is 0. The minimum atomic E-state index is -0.302. The molecule has 1 aromatic carbocycles. The van der Waals surface area contributed by atoms with Gasteiger partial charge in [-0.15, -0.1) is 0 Å². The zero-order valence-electron chi connectivity index (χ0n) is 13.2. The van der Waals surface area contributed by atoms with Crippen LogP contribution in [0.1, 0.15) is 38.2 Å². The molecule has 0 aromatic heterocycles. The van der Waals surface area contributed by atoms with Gasteiger partial charge in [0.25, 0.3) is 5.91 Å². The molecule has 2 aliphatic rings. The van der Waals surface area contributed by atoms with E-state index >= 15 is 0 Å². The van der Waals surface area contributed by atoms with Gasteiger partial charge in [-0.05, 0) is 42.5 Å². The number of carbonyl (C=O) groups is 1. The van der Waals surface area contributed by atoms with Crippen LogP contribution in [-0.4, -0.2) is 18.7 Å². The molecule has 5 nitrogen and oxygen atoms in total. The van der Waals surface area contributed by atoms with Crippen molar-refractivity contribution in [1.29, 1.82) is 5.26 Å². The molecule has 0 radical (unpaired) electrons. The molecule has 1 N–H and O–H groups in total. The van der Waals surface area contributed by atoms with E-state index in [2.05, 4.69) is 12.2 Å². The monoisotopic (exact) mass is 312 g/mol. The topological polar surface area (TPSA) is 71.4 Å². The summed E-state index contributed by atoms with van der Waals surface area (Å²) in [6, 6.07) is 7.52. The maximum Gasteiger partial charge on any atom is 0.262 e. The highest BCUT2D eigenvalue weighted by atomic mass is 16.7. The highest BCUT2D eigenvalue weighted by molar-refractivity contribution is 6.01. The highest BCUT2D eigenvalue weighted by Crippen LogP contribution is 2.33. The average molecular weight is 312 g/mol. The van der Waals surface area contributed by atoms with Crippen molar-refractivity contribution in [2.24, 2.45) is 5.92 Å². The third-order valence-electron chi connectivity index (χ3n) is 4.50. The van der Waals surface area contributed by atoms with E-state index in [9.17, 15) is 10.1 Å². The van der Waals surface area contributed by atoms with Gasteiger partial charge in [0.15, 0.2) is 11.5 Å². The van der Waals surface area contributed by atoms with Crippen molar-refractivity contribution in [3.8, 4) is 17.6 Å². The fourth-order valence-corrected chi connectivity index (χ4v) is 3.10. The smallest absolute Gasteiger partial charge is 0.262 e. The van der Waals surface area contributed by atoms with Gasteiger partial charge < -0.3 is 14.8 Å². The van der Waals surface area contributed by atoms with Crippen molar-refractivity contribution in [2.75, 3.05) is 6.79 Å². The van der Waals surface area contributed by atoms with Crippen molar-refractivity contribution in [3.05, 3.63) is 29.3 Å². The zero-order valence-corrected chi connectivity index (χ0v) is 13.2. The zero-order chi connectivity index (χ0) is 16.2. The Morgan fingerprint density at radius 1 is 1.30 bits per heavy atom. The van der Waals surface area contributed by atoms with Gasteiger partial charge in [-0.3, -0.25) is 4.79 Å². The summed E-state index contributed by atoms with van der Waals surface area (Å²) in [7, 11) is 0. The molecule has 0 spiro atoms. The molecule has 0 unspecified atom stereocenters. The second kappa shape index (κ2) is 6.74. The van der Waals surface area contributed by atoms with Crippen LogP contribution < -0.4 is 14.8 Å². The summed E-state index contributed by atoms with van der Waals surface area (Å²) < 4.78 is 10.6. The number of nitriles is 1. The summed E-state index contributed by atoms with van der Waals surface area (Å²) in [5.41, 5.74) is 0.860. The quantitative estimate of drug-likeness (QED) is 0.688. The summed E-state index contributed by atoms with van der Waals surface area (Å²) in [6.07, 6.45) is 6.04. The van der Waals surface area contributed by atoms with Gasteiger partial charge in [-0.2, -0.15) is 5.26 Å². The van der Waals surface area contributed by atoms with Crippen LogP contribution >= 0.6 is 0 Å². The van der Waals surface area contributed by atoms with Crippen molar-refractivity contribution in [3.63, 3.8) is 0 Å². The first kappa shape index (κ1) is 15.4. The molecule has 1 amide bonds. The van der Waals surface area contributed by atoms with Crippen molar-refractivity contribution < 1.29 is 14.3 Å². The van der Waals surface area contributed by atoms with Gasteiger partial charge in [0.1, 0.15) is 11.6 Å². The van der Waals surface area contributed by atoms with E-state index in [4.69, 9.17) is 9.47 Å². The first-order valence-corrected chi connectivity index (χ1v) is 7.99. The summed E-state index contributed by atoms with van der Waals surface area (Å²) in [5.74, 6) is 1.47. The number of hydrogen-bond acceptors (Lipinski definition) is 4. The number of carbonyl (C=O) groups excluding carboxylic acids is 1. The first-order chi connectivity index (χ1) is 11.2. The normalized spacial score (nSPS) is 23.2. The largest absolute Gasteiger partial charge is 0.454 e. The molecule has 2 atom stereocenters. The number of nitrogens with one attached hydrogen (secondary N) is 1. The van der Waals surface area contributed by atoms with E-state index in [1.54, 1.807) is 24.3 Å². The van der Waals surface area contributed by atoms with Crippen LogP contribution in [0.25, 0.3) is 6.08 Å². The molecule has 1 heterocycles.